The van der Waals surface area contributed by atoms with Gasteiger partial charge in [0.2, 0.25) is 0 Å². The van der Waals surface area contributed by atoms with Gasteiger partial charge in [0.05, 0.1) is 0 Å². The van der Waals surface area contributed by atoms with Gasteiger partial charge in [-0.25, -0.2) is 0 Å². The van der Waals surface area contributed by atoms with Crippen molar-refractivity contribution in [1.82, 2.24) is 0 Å². The third-order valence-corrected chi connectivity index (χ3v) is 1.47. The molecule has 72 valence electrons. The van der Waals surface area contributed by atoms with Crippen LogP contribution in [0.25, 0.3) is 0 Å². The molecule has 1 unspecified atom stereocenters. The van der Waals surface area contributed by atoms with Crippen LogP contribution >= 0.6 is 0 Å². The van der Waals surface area contributed by atoms with Gasteiger partial charge in [-0.3, -0.25) is 0 Å². The van der Waals surface area contributed by atoms with E-state index in [0.717, 1.165) is 5.92 Å². The standard InChI is InChI=1S/C8H16.C2H6.C2H2/c1-4-6-7-8(3)5-2;2*1-2/h4,6,8H,5,7H2,1-3H3;1-2H3;1-2H/b6-4-;;. The number of allylic oxidation sites excluding steroid dienone is 2. The Bertz CT molecular complexity index is 87.5. The Morgan fingerprint density at radius 1 is 1.25 bits per heavy atom. The maximum atomic E-state index is 4.00. The van der Waals surface area contributed by atoms with Crippen molar-refractivity contribution in [1.29, 1.82) is 0 Å². The minimum absolute atomic E-state index is 0.867. The van der Waals surface area contributed by atoms with Crippen LogP contribution < -0.4 is 0 Å². The molecular weight excluding hydrogens is 144 g/mol. The molecule has 0 saturated carbocycles. The summed E-state index contributed by atoms with van der Waals surface area (Å²) in [4.78, 5) is 0. The Morgan fingerprint density at radius 2 is 1.67 bits per heavy atom. The predicted octanol–water partition coefficient (Wildman–Crippen LogP) is 4.27. The summed E-state index contributed by atoms with van der Waals surface area (Å²) in [6.45, 7) is 10.6. The predicted molar refractivity (Wildman–Crippen MR) is 60.1 cm³/mol. The summed E-state index contributed by atoms with van der Waals surface area (Å²) in [6.07, 6.45) is 14.9. The van der Waals surface area contributed by atoms with Gasteiger partial charge in [0, 0.05) is 0 Å². The van der Waals surface area contributed by atoms with E-state index in [9.17, 15) is 0 Å². The summed E-state index contributed by atoms with van der Waals surface area (Å²) >= 11 is 0. The first-order chi connectivity index (χ1) is 5.81. The number of hydrogen-bond donors (Lipinski definition) is 0. The molecule has 0 aromatic heterocycles. The van der Waals surface area contributed by atoms with E-state index in [1.165, 1.54) is 12.8 Å². The van der Waals surface area contributed by atoms with Crippen LogP contribution in [-0.2, 0) is 0 Å². The van der Waals surface area contributed by atoms with Crippen molar-refractivity contribution in [2.45, 2.75) is 47.5 Å². The minimum Gasteiger partial charge on any atom is -0.124 e. The van der Waals surface area contributed by atoms with Crippen molar-refractivity contribution in [3.63, 3.8) is 0 Å². The first-order valence-electron chi connectivity index (χ1n) is 4.75. The van der Waals surface area contributed by atoms with E-state index >= 15 is 0 Å². The Balaban J connectivity index is -0.000000175. The van der Waals surface area contributed by atoms with Crippen molar-refractivity contribution in [3.8, 4) is 12.8 Å². The van der Waals surface area contributed by atoms with E-state index in [4.69, 9.17) is 0 Å². The number of hydrogen-bond acceptors (Lipinski definition) is 0. The zero-order chi connectivity index (χ0) is 10.4. The first kappa shape index (κ1) is 17.4. The zero-order valence-electron chi connectivity index (χ0n) is 9.30. The Labute approximate surface area is 79.1 Å². The van der Waals surface area contributed by atoms with Gasteiger partial charge < -0.3 is 0 Å². The molecule has 0 aromatic rings. The van der Waals surface area contributed by atoms with Crippen molar-refractivity contribution in [2.75, 3.05) is 0 Å². The Hall–Kier alpha value is -0.700. The molecule has 0 heteroatoms. The smallest absolute Gasteiger partial charge is 0.0325 e. The lowest BCUT2D eigenvalue weighted by Gasteiger charge is -2.00. The second-order valence-corrected chi connectivity index (χ2v) is 2.32. The molecule has 0 aliphatic rings. The molecule has 0 bridgehead atoms. The molecule has 0 radical (unpaired) electrons. The molecule has 0 saturated heterocycles. The van der Waals surface area contributed by atoms with Gasteiger partial charge in [-0.1, -0.05) is 46.3 Å². The third kappa shape index (κ3) is 22.8. The topological polar surface area (TPSA) is 0 Å². The molecule has 0 aromatic carbocycles. The zero-order valence-corrected chi connectivity index (χ0v) is 9.30. The highest BCUT2D eigenvalue weighted by atomic mass is 14.0. The summed E-state index contributed by atoms with van der Waals surface area (Å²) in [5, 5.41) is 0. The molecule has 0 heterocycles. The van der Waals surface area contributed by atoms with E-state index < -0.39 is 0 Å². The molecule has 1 atom stereocenters. The summed E-state index contributed by atoms with van der Waals surface area (Å²) in [7, 11) is 0. The van der Waals surface area contributed by atoms with E-state index in [2.05, 4.69) is 45.8 Å². The summed E-state index contributed by atoms with van der Waals surface area (Å²) in [5.41, 5.74) is 0. The van der Waals surface area contributed by atoms with Crippen LogP contribution in [0.3, 0.4) is 0 Å². The highest BCUT2D eigenvalue weighted by Crippen LogP contribution is 2.05. The molecule has 0 aliphatic heterocycles. The molecular formula is C12H24. The summed E-state index contributed by atoms with van der Waals surface area (Å²) in [6, 6.07) is 0. The molecule has 12 heavy (non-hydrogen) atoms. The van der Waals surface area contributed by atoms with Crippen molar-refractivity contribution in [3.05, 3.63) is 12.2 Å². The highest BCUT2D eigenvalue weighted by molar-refractivity contribution is 4.78. The van der Waals surface area contributed by atoms with E-state index in [1.807, 2.05) is 13.8 Å². The van der Waals surface area contributed by atoms with Gasteiger partial charge in [-0.05, 0) is 19.3 Å². The fourth-order valence-electron chi connectivity index (χ4n) is 0.535. The molecule has 0 N–H and O–H groups in total. The molecule has 0 nitrogen and oxygen atoms in total. The molecule has 0 spiro atoms. The highest BCUT2D eigenvalue weighted by Gasteiger charge is 1.91. The van der Waals surface area contributed by atoms with E-state index in [0.29, 0.717) is 0 Å². The van der Waals surface area contributed by atoms with Crippen LogP contribution in [0.5, 0.6) is 0 Å². The summed E-state index contributed by atoms with van der Waals surface area (Å²) < 4.78 is 0. The lowest BCUT2D eigenvalue weighted by Crippen LogP contribution is -1.86. The quantitative estimate of drug-likeness (QED) is 0.436. The molecule has 0 amide bonds. The summed E-state index contributed by atoms with van der Waals surface area (Å²) in [5.74, 6) is 0.867. The number of rotatable bonds is 3. The van der Waals surface area contributed by atoms with Gasteiger partial charge in [0.15, 0.2) is 0 Å². The second kappa shape index (κ2) is 22.4. The van der Waals surface area contributed by atoms with Crippen molar-refractivity contribution < 1.29 is 0 Å². The lowest BCUT2D eigenvalue weighted by molar-refractivity contribution is 0.572. The minimum atomic E-state index is 0.867. The third-order valence-electron chi connectivity index (χ3n) is 1.47. The monoisotopic (exact) mass is 168 g/mol. The van der Waals surface area contributed by atoms with Crippen LogP contribution in [0.15, 0.2) is 12.2 Å². The van der Waals surface area contributed by atoms with Gasteiger partial charge in [-0.2, -0.15) is 0 Å². The van der Waals surface area contributed by atoms with Crippen LogP contribution in [0, 0.1) is 18.8 Å². The van der Waals surface area contributed by atoms with Crippen LogP contribution in [-0.4, -0.2) is 0 Å². The Kier molecular flexibility index (Phi) is 32.5. The fraction of sp³-hybridized carbons (Fsp3) is 0.667. The molecule has 0 fully saturated rings. The van der Waals surface area contributed by atoms with Crippen LogP contribution in [0.2, 0.25) is 0 Å². The molecule has 0 rings (SSSR count). The lowest BCUT2D eigenvalue weighted by atomic mass is 10.1. The van der Waals surface area contributed by atoms with Crippen molar-refractivity contribution in [2.24, 2.45) is 5.92 Å². The van der Waals surface area contributed by atoms with Gasteiger partial charge in [0.25, 0.3) is 0 Å². The first-order valence-corrected chi connectivity index (χ1v) is 4.75. The van der Waals surface area contributed by atoms with E-state index in [-0.39, 0.29) is 0 Å². The van der Waals surface area contributed by atoms with Gasteiger partial charge >= 0.3 is 0 Å². The normalized spacial score (nSPS) is 10.6. The number of terminal acetylenes is 1. The molecule has 0 aliphatic carbocycles. The average molecular weight is 168 g/mol. The second-order valence-electron chi connectivity index (χ2n) is 2.32. The largest absolute Gasteiger partial charge is 0.124 e. The maximum absolute atomic E-state index is 4.00. The fourth-order valence-corrected chi connectivity index (χ4v) is 0.535. The van der Waals surface area contributed by atoms with Crippen LogP contribution in [0.1, 0.15) is 47.5 Å². The van der Waals surface area contributed by atoms with E-state index in [1.54, 1.807) is 0 Å². The van der Waals surface area contributed by atoms with Crippen LogP contribution in [0.4, 0.5) is 0 Å². The maximum Gasteiger partial charge on any atom is -0.0325 e. The SMILES string of the molecule is C#C.C/C=C\CC(C)CC.CC. The van der Waals surface area contributed by atoms with Gasteiger partial charge in [0.1, 0.15) is 0 Å². The van der Waals surface area contributed by atoms with Gasteiger partial charge in [-0.15, -0.1) is 12.8 Å². The Morgan fingerprint density at radius 3 is 1.92 bits per heavy atom. The average Bonchev–Trinajstić information content (AvgIpc) is 2.20. The van der Waals surface area contributed by atoms with Crippen molar-refractivity contribution >= 4 is 0 Å².